The number of nitrogens with zero attached hydrogens (tertiary/aromatic N) is 4. The molecule has 0 spiro atoms. The maximum atomic E-state index is 14.2. The molecule has 3 atom stereocenters. The van der Waals surface area contributed by atoms with Gasteiger partial charge in [0.25, 0.3) is 10.0 Å². The number of aromatic nitrogens is 2. The van der Waals surface area contributed by atoms with Gasteiger partial charge >= 0.3 is 0 Å². The van der Waals surface area contributed by atoms with E-state index in [-0.39, 0.29) is 35.1 Å². The van der Waals surface area contributed by atoms with Gasteiger partial charge in [-0.05, 0) is 55.3 Å². The summed E-state index contributed by atoms with van der Waals surface area (Å²) in [6.07, 6.45) is -0.0181. The second-order valence-electron chi connectivity index (χ2n) is 11.2. The molecule has 0 unspecified atom stereocenters. The molecular weight excluding hydrogens is 642 g/mol. The first-order valence-electron chi connectivity index (χ1n) is 14.8. The maximum absolute atomic E-state index is 14.2. The molecule has 1 aromatic heterocycles. The number of fused-ring (bicyclic) bond motifs is 1. The van der Waals surface area contributed by atoms with Crippen molar-refractivity contribution >= 4 is 26.7 Å². The molecule has 6 rings (SSSR count). The highest BCUT2D eigenvalue weighted by Gasteiger charge is 2.40. The number of hydrogen-bond acceptors (Lipinski definition) is 9. The maximum Gasteiger partial charge on any atom is 0.266 e. The van der Waals surface area contributed by atoms with E-state index in [1.807, 2.05) is 0 Å². The highest BCUT2D eigenvalue weighted by atomic mass is 32.2. The zero-order valence-electron chi connectivity index (χ0n) is 25.2. The van der Waals surface area contributed by atoms with E-state index in [1.165, 1.54) is 49.1 Å². The van der Waals surface area contributed by atoms with E-state index in [4.69, 9.17) is 14.2 Å². The Hall–Kier alpha value is -3.88. The molecule has 0 aliphatic carbocycles. The smallest absolute Gasteiger partial charge is 0.266 e. The van der Waals surface area contributed by atoms with Gasteiger partial charge in [0.05, 0.1) is 32.3 Å². The van der Waals surface area contributed by atoms with Crippen LogP contribution in [0.2, 0.25) is 0 Å². The van der Waals surface area contributed by atoms with Gasteiger partial charge in [-0.15, -0.1) is 0 Å². The Balaban J connectivity index is 1.33. The number of anilines is 1. The van der Waals surface area contributed by atoms with E-state index in [9.17, 15) is 21.6 Å². The number of halogens is 3. The molecule has 0 bridgehead atoms. The van der Waals surface area contributed by atoms with Crippen LogP contribution >= 0.6 is 11.5 Å². The average Bonchev–Trinajstić information content (AvgIpc) is 3.61. The van der Waals surface area contributed by atoms with Gasteiger partial charge in [0, 0.05) is 59.2 Å². The lowest BCUT2D eigenvalue weighted by Gasteiger charge is -2.45. The van der Waals surface area contributed by atoms with Crippen molar-refractivity contribution in [3.05, 3.63) is 89.5 Å². The molecule has 1 fully saturated rings. The summed E-state index contributed by atoms with van der Waals surface area (Å²) in [6.45, 7) is 0.647. The largest absolute Gasteiger partial charge is 0.497 e. The van der Waals surface area contributed by atoms with Crippen LogP contribution in [-0.4, -0.2) is 56.5 Å². The molecule has 4 aromatic rings. The van der Waals surface area contributed by atoms with E-state index < -0.39 is 28.2 Å². The van der Waals surface area contributed by atoms with Crippen molar-refractivity contribution in [1.29, 1.82) is 0 Å². The lowest BCUT2D eigenvalue weighted by Crippen LogP contribution is -2.42. The Kier molecular flexibility index (Phi) is 9.39. The molecule has 2 aliphatic heterocycles. The van der Waals surface area contributed by atoms with Crippen LogP contribution in [0.4, 0.5) is 18.3 Å². The van der Waals surface area contributed by atoms with E-state index in [2.05, 4.69) is 14.3 Å². The first kappa shape index (κ1) is 32.1. The normalized spacial score (nSPS) is 20.2. The summed E-state index contributed by atoms with van der Waals surface area (Å²) in [6, 6.07) is 15.3. The van der Waals surface area contributed by atoms with Gasteiger partial charge in [-0.2, -0.15) is 4.37 Å². The third-order valence-electron chi connectivity index (χ3n) is 8.65. The number of piperidine rings is 1. The molecule has 3 heterocycles. The fourth-order valence-electron chi connectivity index (χ4n) is 6.28. The predicted molar refractivity (Wildman–Crippen MR) is 167 cm³/mol. The summed E-state index contributed by atoms with van der Waals surface area (Å²) in [5.74, 6) is 0.258. The van der Waals surface area contributed by atoms with Crippen molar-refractivity contribution < 1.29 is 35.8 Å². The van der Waals surface area contributed by atoms with Gasteiger partial charge in [-0.25, -0.2) is 30.9 Å². The third kappa shape index (κ3) is 6.38. The number of alkyl halides is 2. The first-order valence-corrected chi connectivity index (χ1v) is 17.0. The zero-order valence-corrected chi connectivity index (χ0v) is 26.8. The molecule has 14 heteroatoms. The third-order valence-corrected chi connectivity index (χ3v) is 11.2. The summed E-state index contributed by atoms with van der Waals surface area (Å²) >= 11 is 0.947. The average molecular weight is 675 g/mol. The number of hydrogen-bond donors (Lipinski definition) is 0. The molecule has 2 aliphatic rings. The van der Waals surface area contributed by atoms with Crippen molar-refractivity contribution in [2.75, 3.05) is 31.7 Å². The molecule has 0 radical (unpaired) electrons. The Labute approximate surface area is 269 Å². The van der Waals surface area contributed by atoms with Crippen LogP contribution < -0.4 is 18.5 Å². The summed E-state index contributed by atoms with van der Waals surface area (Å²) in [7, 11) is -1.14. The standard InChI is InChI=1S/C32H33F3N4O5S2/c1-42-24-8-5-22(29(16-24)43-2)18-39(32-36-19-37-45-32)46(40,41)25-9-10-26-27(12-14-44-30(26)17-25)38-13-11-21(31(34)35)15-28(38)20-3-6-23(33)7-4-20/h3-10,16-17,19,21,27-28,31H,11-15,18H2,1-2H3/t21-,27-,28+/m1/s1. The first-order chi connectivity index (χ1) is 22.2. The Morgan fingerprint density at radius 2 is 1.85 bits per heavy atom. The second kappa shape index (κ2) is 13.5. The highest BCUT2D eigenvalue weighted by molar-refractivity contribution is 7.93. The second-order valence-corrected chi connectivity index (χ2v) is 13.8. The molecule has 0 saturated carbocycles. The van der Waals surface area contributed by atoms with Crippen LogP contribution in [0.15, 0.2) is 71.9 Å². The summed E-state index contributed by atoms with van der Waals surface area (Å²) in [5.41, 5.74) is 2.13. The van der Waals surface area contributed by atoms with Gasteiger partial charge < -0.3 is 14.2 Å². The number of methoxy groups -OCH3 is 2. The summed E-state index contributed by atoms with van der Waals surface area (Å²) < 4.78 is 91.9. The zero-order chi connectivity index (χ0) is 32.4. The van der Waals surface area contributed by atoms with Crippen molar-refractivity contribution in [1.82, 2.24) is 14.3 Å². The topological polar surface area (TPSA) is 94.1 Å². The lowest BCUT2D eigenvalue weighted by atomic mass is 9.84. The molecule has 9 nitrogen and oxygen atoms in total. The molecule has 1 saturated heterocycles. The van der Waals surface area contributed by atoms with Crippen LogP contribution in [0, 0.1) is 11.7 Å². The van der Waals surface area contributed by atoms with E-state index in [0.29, 0.717) is 48.8 Å². The highest BCUT2D eigenvalue weighted by Crippen LogP contribution is 2.46. The van der Waals surface area contributed by atoms with Crippen molar-refractivity contribution in [3.8, 4) is 17.2 Å². The SMILES string of the molecule is COc1ccc(CN(c2ncns2)S(=O)(=O)c2ccc3c(c2)OCC[C@H]3N2CC[C@@H](C(F)F)C[C@H]2c2ccc(F)cc2)c(OC)c1. The fourth-order valence-corrected chi connectivity index (χ4v) is 8.42. The molecule has 0 amide bonds. The van der Waals surface area contributed by atoms with Crippen molar-refractivity contribution in [2.24, 2.45) is 5.92 Å². The van der Waals surface area contributed by atoms with E-state index >= 15 is 0 Å². The fraction of sp³-hybridized carbons (Fsp3) is 0.375. The van der Waals surface area contributed by atoms with Crippen molar-refractivity contribution in [3.63, 3.8) is 0 Å². The van der Waals surface area contributed by atoms with Gasteiger partial charge in [0.1, 0.15) is 29.4 Å². The number of likely N-dealkylation sites (tertiary alicyclic amines) is 1. The van der Waals surface area contributed by atoms with Gasteiger partial charge in [0.2, 0.25) is 11.6 Å². The van der Waals surface area contributed by atoms with E-state index in [0.717, 1.165) is 22.7 Å². The summed E-state index contributed by atoms with van der Waals surface area (Å²) in [4.78, 5) is 6.36. The summed E-state index contributed by atoms with van der Waals surface area (Å²) in [5, 5.41) is 0.179. The molecule has 46 heavy (non-hydrogen) atoms. The predicted octanol–water partition coefficient (Wildman–Crippen LogP) is 6.63. The Morgan fingerprint density at radius 3 is 2.54 bits per heavy atom. The van der Waals surface area contributed by atoms with Crippen LogP contribution in [0.3, 0.4) is 0 Å². The van der Waals surface area contributed by atoms with Crippen molar-refractivity contribution in [2.45, 2.75) is 49.2 Å². The van der Waals surface area contributed by atoms with Gasteiger partial charge in [0.15, 0.2) is 0 Å². The number of sulfonamides is 1. The van der Waals surface area contributed by atoms with Crippen LogP contribution in [0.25, 0.3) is 0 Å². The minimum Gasteiger partial charge on any atom is -0.497 e. The van der Waals surface area contributed by atoms with Gasteiger partial charge in [-0.1, -0.05) is 18.2 Å². The molecular formula is C32H33F3N4O5S2. The minimum absolute atomic E-state index is 0.000992. The van der Waals surface area contributed by atoms with Crippen LogP contribution in [-0.2, 0) is 16.6 Å². The van der Waals surface area contributed by atoms with Crippen LogP contribution in [0.1, 0.15) is 48.0 Å². The minimum atomic E-state index is -4.17. The molecule has 3 aromatic carbocycles. The molecule has 244 valence electrons. The van der Waals surface area contributed by atoms with Crippen LogP contribution in [0.5, 0.6) is 17.2 Å². The lowest BCUT2D eigenvalue weighted by molar-refractivity contribution is -0.0134. The van der Waals surface area contributed by atoms with Gasteiger partial charge in [-0.3, -0.25) is 4.90 Å². The number of rotatable bonds is 10. The number of benzene rings is 3. The quantitative estimate of drug-likeness (QED) is 0.185. The Morgan fingerprint density at radius 1 is 1.04 bits per heavy atom. The number of ether oxygens (including phenoxy) is 3. The Bertz CT molecular complexity index is 1760. The van der Waals surface area contributed by atoms with E-state index in [1.54, 1.807) is 36.4 Å². The molecule has 0 N–H and O–H groups in total. The monoisotopic (exact) mass is 674 g/mol.